The van der Waals surface area contributed by atoms with E-state index in [-0.39, 0.29) is 11.8 Å². The molecule has 5 heteroatoms. The van der Waals surface area contributed by atoms with E-state index in [1.54, 1.807) is 16.9 Å². The zero-order chi connectivity index (χ0) is 14.0. The van der Waals surface area contributed by atoms with Crippen LogP contribution in [0.1, 0.15) is 33.6 Å². The van der Waals surface area contributed by atoms with Gasteiger partial charge in [-0.3, -0.25) is 9.59 Å². The van der Waals surface area contributed by atoms with Gasteiger partial charge in [-0.05, 0) is 20.3 Å². The summed E-state index contributed by atoms with van der Waals surface area (Å²) >= 11 is 0. The van der Waals surface area contributed by atoms with Gasteiger partial charge in [-0.1, -0.05) is 0 Å². The lowest BCUT2D eigenvalue weighted by Gasteiger charge is -2.23. The Morgan fingerprint density at radius 3 is 2.11 bits per heavy atom. The third-order valence-corrected chi connectivity index (χ3v) is 2.93. The summed E-state index contributed by atoms with van der Waals surface area (Å²) in [5, 5.41) is 0. The minimum atomic E-state index is 0.0125. The van der Waals surface area contributed by atoms with Gasteiger partial charge in [0, 0.05) is 53.2 Å². The third-order valence-electron chi connectivity index (χ3n) is 2.93. The van der Waals surface area contributed by atoms with E-state index in [0.717, 1.165) is 19.5 Å². The largest absolute Gasteiger partial charge is 0.385 e. The molecule has 0 spiro atoms. The molecule has 0 aromatic heterocycles. The molecule has 0 N–H and O–H groups in total. The molecule has 0 fully saturated rings. The molecule has 0 heterocycles. The molecule has 106 valence electrons. The molecular formula is C13H26N2O3. The molecule has 0 aromatic carbocycles. The summed E-state index contributed by atoms with van der Waals surface area (Å²) in [7, 11) is 1.64. The number of hydrogen-bond donors (Lipinski definition) is 0. The molecule has 0 aromatic rings. The van der Waals surface area contributed by atoms with Gasteiger partial charge in [0.2, 0.25) is 11.8 Å². The van der Waals surface area contributed by atoms with E-state index in [0.29, 0.717) is 26.1 Å². The molecule has 0 saturated heterocycles. The lowest BCUT2D eigenvalue weighted by molar-refractivity contribution is -0.133. The second-order valence-corrected chi connectivity index (χ2v) is 4.17. The lowest BCUT2D eigenvalue weighted by Crippen LogP contribution is -2.36. The molecule has 0 rings (SSSR count). The molecule has 0 aliphatic heterocycles. The van der Waals surface area contributed by atoms with Crippen LogP contribution in [0.25, 0.3) is 0 Å². The van der Waals surface area contributed by atoms with Crippen molar-refractivity contribution in [3.05, 3.63) is 0 Å². The lowest BCUT2D eigenvalue weighted by atomic mass is 10.3. The Kier molecular flexibility index (Phi) is 9.28. The summed E-state index contributed by atoms with van der Waals surface area (Å²) in [6.45, 7) is 8.68. The van der Waals surface area contributed by atoms with Crippen molar-refractivity contribution in [2.24, 2.45) is 0 Å². The highest BCUT2D eigenvalue weighted by molar-refractivity contribution is 5.78. The normalized spacial score (nSPS) is 10.2. The van der Waals surface area contributed by atoms with E-state index in [1.165, 1.54) is 6.92 Å². The fourth-order valence-electron chi connectivity index (χ4n) is 1.79. The van der Waals surface area contributed by atoms with Gasteiger partial charge in [-0.15, -0.1) is 0 Å². The van der Waals surface area contributed by atoms with Gasteiger partial charge in [0.15, 0.2) is 0 Å². The van der Waals surface area contributed by atoms with E-state index in [2.05, 4.69) is 0 Å². The molecule has 0 saturated carbocycles. The monoisotopic (exact) mass is 258 g/mol. The quantitative estimate of drug-likeness (QED) is 0.583. The molecule has 18 heavy (non-hydrogen) atoms. The number of methoxy groups -OCH3 is 1. The first-order valence-corrected chi connectivity index (χ1v) is 6.59. The number of hydrogen-bond acceptors (Lipinski definition) is 3. The average Bonchev–Trinajstić information content (AvgIpc) is 2.34. The molecule has 0 aliphatic carbocycles. The smallest absolute Gasteiger partial charge is 0.224 e. The Hall–Kier alpha value is -1.10. The SMILES string of the molecule is CCN(CC)C(=O)CCN(CCCOC)C(C)=O. The van der Waals surface area contributed by atoms with E-state index in [4.69, 9.17) is 4.74 Å². The van der Waals surface area contributed by atoms with Crippen LogP contribution < -0.4 is 0 Å². The van der Waals surface area contributed by atoms with E-state index in [9.17, 15) is 9.59 Å². The predicted octanol–water partition coefficient (Wildman–Crippen LogP) is 1.13. The van der Waals surface area contributed by atoms with Gasteiger partial charge in [0.1, 0.15) is 0 Å². The van der Waals surface area contributed by atoms with Gasteiger partial charge < -0.3 is 14.5 Å². The molecule has 0 atom stereocenters. The van der Waals surface area contributed by atoms with Crippen LogP contribution in [0.15, 0.2) is 0 Å². The number of nitrogens with zero attached hydrogens (tertiary/aromatic N) is 2. The zero-order valence-corrected chi connectivity index (χ0v) is 12.1. The van der Waals surface area contributed by atoms with Crippen LogP contribution in [0.4, 0.5) is 0 Å². The van der Waals surface area contributed by atoms with Crippen LogP contribution in [0, 0.1) is 0 Å². The zero-order valence-electron chi connectivity index (χ0n) is 12.1. The van der Waals surface area contributed by atoms with Crippen molar-refractivity contribution in [1.82, 2.24) is 9.80 Å². The maximum atomic E-state index is 11.8. The summed E-state index contributed by atoms with van der Waals surface area (Å²) in [6.07, 6.45) is 1.20. The molecule has 5 nitrogen and oxygen atoms in total. The minimum absolute atomic E-state index is 0.0125. The van der Waals surface area contributed by atoms with Gasteiger partial charge in [0.05, 0.1) is 0 Å². The maximum Gasteiger partial charge on any atom is 0.224 e. The van der Waals surface area contributed by atoms with E-state index >= 15 is 0 Å². The highest BCUT2D eigenvalue weighted by atomic mass is 16.5. The Bertz CT molecular complexity index is 253. The summed E-state index contributed by atoms with van der Waals surface area (Å²) < 4.78 is 4.96. The fraction of sp³-hybridized carbons (Fsp3) is 0.846. The first-order chi connectivity index (χ1) is 8.56. The predicted molar refractivity (Wildman–Crippen MR) is 71.3 cm³/mol. The summed E-state index contributed by atoms with van der Waals surface area (Å²) in [6, 6.07) is 0. The van der Waals surface area contributed by atoms with Crippen molar-refractivity contribution in [1.29, 1.82) is 0 Å². The molecule has 0 radical (unpaired) electrons. The Labute approximate surface area is 110 Å². The van der Waals surface area contributed by atoms with Crippen LogP contribution in [0.3, 0.4) is 0 Å². The molecule has 0 bridgehead atoms. The topological polar surface area (TPSA) is 49.9 Å². The Morgan fingerprint density at radius 2 is 1.67 bits per heavy atom. The average molecular weight is 258 g/mol. The second-order valence-electron chi connectivity index (χ2n) is 4.17. The highest BCUT2D eigenvalue weighted by Gasteiger charge is 2.13. The highest BCUT2D eigenvalue weighted by Crippen LogP contribution is 2.00. The van der Waals surface area contributed by atoms with Crippen molar-refractivity contribution >= 4 is 11.8 Å². The van der Waals surface area contributed by atoms with Crippen molar-refractivity contribution in [3.8, 4) is 0 Å². The van der Waals surface area contributed by atoms with Crippen molar-refractivity contribution in [2.45, 2.75) is 33.6 Å². The van der Waals surface area contributed by atoms with Crippen LogP contribution in [0.2, 0.25) is 0 Å². The third kappa shape index (κ3) is 6.59. The first kappa shape index (κ1) is 16.9. The number of carbonyl (C=O) groups excluding carboxylic acids is 2. The Balaban J connectivity index is 4.10. The fourth-order valence-corrected chi connectivity index (χ4v) is 1.79. The number of amides is 2. The molecule has 0 unspecified atom stereocenters. The summed E-state index contributed by atoms with van der Waals surface area (Å²) in [5.41, 5.74) is 0. The van der Waals surface area contributed by atoms with Crippen LogP contribution in [-0.2, 0) is 14.3 Å². The molecule has 0 aliphatic rings. The van der Waals surface area contributed by atoms with Crippen LogP contribution in [-0.4, -0.2) is 61.5 Å². The second kappa shape index (κ2) is 9.88. The van der Waals surface area contributed by atoms with Gasteiger partial charge in [-0.25, -0.2) is 0 Å². The summed E-state index contributed by atoms with van der Waals surface area (Å²) in [4.78, 5) is 26.7. The van der Waals surface area contributed by atoms with Crippen molar-refractivity contribution in [2.75, 3.05) is 39.9 Å². The van der Waals surface area contributed by atoms with Gasteiger partial charge >= 0.3 is 0 Å². The van der Waals surface area contributed by atoms with E-state index < -0.39 is 0 Å². The van der Waals surface area contributed by atoms with Gasteiger partial charge in [0.25, 0.3) is 0 Å². The van der Waals surface area contributed by atoms with Gasteiger partial charge in [-0.2, -0.15) is 0 Å². The van der Waals surface area contributed by atoms with Crippen LogP contribution >= 0.6 is 0 Å². The minimum Gasteiger partial charge on any atom is -0.385 e. The standard InChI is InChI=1S/C13H26N2O3/c1-5-14(6-2)13(17)8-10-15(12(3)16)9-7-11-18-4/h5-11H2,1-4H3. The maximum absolute atomic E-state index is 11.8. The van der Waals surface area contributed by atoms with E-state index in [1.807, 2.05) is 13.8 Å². The summed E-state index contributed by atoms with van der Waals surface area (Å²) in [5.74, 6) is 0.122. The first-order valence-electron chi connectivity index (χ1n) is 6.59. The van der Waals surface area contributed by atoms with Crippen LogP contribution in [0.5, 0.6) is 0 Å². The molecule has 2 amide bonds. The van der Waals surface area contributed by atoms with Crippen molar-refractivity contribution < 1.29 is 14.3 Å². The number of ether oxygens (including phenoxy) is 1. The number of carbonyl (C=O) groups is 2. The van der Waals surface area contributed by atoms with Crippen molar-refractivity contribution in [3.63, 3.8) is 0 Å². The number of rotatable bonds is 9. The Morgan fingerprint density at radius 1 is 1.06 bits per heavy atom. The molecular weight excluding hydrogens is 232 g/mol.